The van der Waals surface area contributed by atoms with Crippen LogP contribution in [0.2, 0.25) is 20.8 Å². The first kappa shape index (κ1) is 35.7. The molecule has 0 fully saturated rings. The molecule has 36 heavy (non-hydrogen) atoms. The Balaban J connectivity index is 0.000000918. The normalized spacial score (nSPS) is 11.8. The molecule has 0 heterocycles. The Bertz CT molecular complexity index is 694. The Morgan fingerprint density at radius 1 is 0.556 bits per heavy atom. The average Bonchev–Trinajstić information content (AvgIpc) is 2.86. The smallest absolute Gasteiger partial charge is 0.124 e. The van der Waals surface area contributed by atoms with E-state index < -0.39 is 23.7 Å². The summed E-state index contributed by atoms with van der Waals surface area (Å²) in [6.07, 6.45) is 23.7. The van der Waals surface area contributed by atoms with E-state index >= 15 is 0 Å². The van der Waals surface area contributed by atoms with E-state index in [0.29, 0.717) is 0 Å². The number of rotatable bonds is 21. The van der Waals surface area contributed by atoms with Crippen LogP contribution in [0.1, 0.15) is 136 Å². The summed E-state index contributed by atoms with van der Waals surface area (Å²) in [6, 6.07) is 5.78. The van der Waals surface area contributed by atoms with E-state index in [1.54, 1.807) is 39.4 Å². The van der Waals surface area contributed by atoms with Gasteiger partial charge in [-0.15, -0.1) is 0 Å². The molecule has 1 aromatic rings. The number of benzene rings is 1. The molecular formula is C31H59AsO3S. The molecule has 0 aliphatic heterocycles. The Morgan fingerprint density at radius 3 is 1.25 bits per heavy atom. The minimum atomic E-state index is -4.27. The van der Waals surface area contributed by atoms with Gasteiger partial charge in [-0.3, -0.25) is 0 Å². The minimum absolute atomic E-state index is 0.178. The van der Waals surface area contributed by atoms with E-state index in [4.69, 9.17) is 0 Å². The van der Waals surface area contributed by atoms with Crippen LogP contribution in [0.4, 0.5) is 0 Å². The van der Waals surface area contributed by atoms with Gasteiger partial charge in [0.05, 0.1) is 4.90 Å². The maximum Gasteiger partial charge on any atom is 0.124 e. The van der Waals surface area contributed by atoms with Gasteiger partial charge < -0.3 is 4.55 Å². The third-order valence-corrected chi connectivity index (χ3v) is 18.7. The van der Waals surface area contributed by atoms with E-state index in [1.165, 1.54) is 108 Å². The minimum Gasteiger partial charge on any atom is -0.744 e. The molecule has 1 rings (SSSR count). The molecule has 1 aromatic carbocycles. The summed E-state index contributed by atoms with van der Waals surface area (Å²) in [5.41, 5.74) is 0.928. The fourth-order valence-electron chi connectivity index (χ4n) is 4.79. The summed E-state index contributed by atoms with van der Waals surface area (Å²) in [5, 5.41) is 6.71. The van der Waals surface area contributed by atoms with Crippen molar-refractivity contribution in [3.8, 4) is 0 Å². The van der Waals surface area contributed by atoms with Crippen LogP contribution in [0.25, 0.3) is 0 Å². The van der Waals surface area contributed by atoms with Crippen LogP contribution in [0.15, 0.2) is 29.2 Å². The van der Waals surface area contributed by atoms with Crippen molar-refractivity contribution in [2.75, 3.05) is 0 Å². The molecule has 0 N–H and O–H groups in total. The standard InChI is InChI=1S/C24H52As.C7H8O3S/c1-5-9-13-14-15-16-17-18-19-20-24-25(21-10-6-2,22-11-7-3)23-12-8-4;1-6-2-4-7(5-3-6)11(8,9)10/h5-24H2,1-4H3;2-5H,1H3,(H,8,9,10)/q+1;/p-1. The van der Waals surface area contributed by atoms with Gasteiger partial charge in [0.15, 0.2) is 0 Å². The first-order valence-electron chi connectivity index (χ1n) is 15.1. The van der Waals surface area contributed by atoms with Crippen molar-refractivity contribution in [2.45, 2.75) is 163 Å². The number of hydrogen-bond donors (Lipinski definition) is 0. The van der Waals surface area contributed by atoms with Crippen molar-refractivity contribution in [3.63, 3.8) is 0 Å². The SMILES string of the molecule is CCCCCCCCCCCC[As+](CCCC)(CCCC)CCCC.Cc1ccc(S(=O)(=O)[O-])cc1. The second-order valence-electron chi connectivity index (χ2n) is 10.7. The molecule has 0 saturated heterocycles. The number of hydrogen-bond acceptors (Lipinski definition) is 3. The molecule has 3 nitrogen and oxygen atoms in total. The molecule has 0 aliphatic rings. The Labute approximate surface area is 228 Å². The van der Waals surface area contributed by atoms with Gasteiger partial charge in [0, 0.05) is 0 Å². The van der Waals surface area contributed by atoms with Gasteiger partial charge in [-0.05, 0) is 19.1 Å². The van der Waals surface area contributed by atoms with Crippen LogP contribution in [-0.4, -0.2) is 26.5 Å². The fourth-order valence-corrected chi connectivity index (χ4v) is 16.2. The molecule has 0 radical (unpaired) electrons. The summed E-state index contributed by atoms with van der Waals surface area (Å²) in [7, 11) is -4.27. The van der Waals surface area contributed by atoms with Crippen LogP contribution in [0.3, 0.4) is 0 Å². The zero-order valence-corrected chi connectivity index (χ0v) is 27.2. The number of aryl methyl sites for hydroxylation is 1. The molecule has 0 amide bonds. The summed E-state index contributed by atoms with van der Waals surface area (Å²) in [4.78, 5) is -0.178. The molecule has 5 heteroatoms. The molecule has 0 saturated carbocycles. The van der Waals surface area contributed by atoms with Crippen molar-refractivity contribution < 1.29 is 13.0 Å². The van der Waals surface area contributed by atoms with Gasteiger partial charge in [-0.2, -0.15) is 0 Å². The molecule has 212 valence electrons. The van der Waals surface area contributed by atoms with Gasteiger partial charge in [-0.1, -0.05) is 17.7 Å². The average molecular weight is 587 g/mol. The van der Waals surface area contributed by atoms with Crippen LogP contribution >= 0.6 is 0 Å². The molecule has 0 bridgehead atoms. The van der Waals surface area contributed by atoms with Crippen molar-refractivity contribution in [3.05, 3.63) is 29.8 Å². The summed E-state index contributed by atoms with van der Waals surface area (Å²) in [6.45, 7) is 11.3. The Morgan fingerprint density at radius 2 is 0.889 bits per heavy atom. The van der Waals surface area contributed by atoms with Crippen LogP contribution in [-0.2, 0) is 10.1 Å². The third-order valence-electron chi connectivity index (χ3n) is 7.25. The van der Waals surface area contributed by atoms with Crippen molar-refractivity contribution in [1.82, 2.24) is 0 Å². The Kier molecular flexibility index (Phi) is 22.5. The monoisotopic (exact) mass is 586 g/mol. The topological polar surface area (TPSA) is 57.2 Å². The largest absolute Gasteiger partial charge is 0.744 e. The molecule has 0 spiro atoms. The van der Waals surface area contributed by atoms with Crippen molar-refractivity contribution in [2.24, 2.45) is 0 Å². The molecule has 0 aliphatic carbocycles. The quantitative estimate of drug-likeness (QED) is 0.0818. The zero-order chi connectivity index (χ0) is 27.1. The second-order valence-corrected chi connectivity index (χ2v) is 21.5. The summed E-state index contributed by atoms with van der Waals surface area (Å²) >= 11 is -1.34. The van der Waals surface area contributed by atoms with Crippen molar-refractivity contribution >= 4 is 23.7 Å². The van der Waals surface area contributed by atoms with Crippen LogP contribution < -0.4 is 0 Å². The molecule has 0 unspecified atom stereocenters. The van der Waals surface area contributed by atoms with E-state index in [1.807, 2.05) is 6.92 Å². The second kappa shape index (κ2) is 22.7. The first-order chi connectivity index (χ1) is 17.2. The third kappa shape index (κ3) is 18.9. The molecular weight excluding hydrogens is 527 g/mol. The summed E-state index contributed by atoms with van der Waals surface area (Å²) in [5.74, 6) is 0. The Hall–Kier alpha value is -0.312. The number of unbranched alkanes of at least 4 members (excludes halogenated alkanes) is 12. The predicted molar refractivity (Wildman–Crippen MR) is 161 cm³/mol. The van der Waals surface area contributed by atoms with E-state index in [-0.39, 0.29) is 4.90 Å². The van der Waals surface area contributed by atoms with Crippen LogP contribution in [0, 0.1) is 6.92 Å². The van der Waals surface area contributed by atoms with Gasteiger partial charge >= 0.3 is 165 Å². The maximum atomic E-state index is 10.4. The first-order valence-corrected chi connectivity index (χ1v) is 21.8. The maximum absolute atomic E-state index is 10.4. The van der Waals surface area contributed by atoms with Crippen LogP contribution in [0.5, 0.6) is 0 Å². The van der Waals surface area contributed by atoms with Gasteiger partial charge in [0.2, 0.25) is 0 Å². The molecule has 0 atom stereocenters. The van der Waals surface area contributed by atoms with E-state index in [2.05, 4.69) is 27.7 Å². The summed E-state index contributed by atoms with van der Waals surface area (Å²) < 4.78 is 31.2. The van der Waals surface area contributed by atoms with Gasteiger partial charge in [0.25, 0.3) is 0 Å². The molecule has 0 aromatic heterocycles. The van der Waals surface area contributed by atoms with E-state index in [9.17, 15) is 13.0 Å². The van der Waals surface area contributed by atoms with Crippen molar-refractivity contribution in [1.29, 1.82) is 0 Å². The van der Waals surface area contributed by atoms with Gasteiger partial charge in [-0.25, -0.2) is 8.42 Å². The fraction of sp³-hybridized carbons (Fsp3) is 0.806. The zero-order valence-electron chi connectivity index (χ0n) is 24.5. The van der Waals surface area contributed by atoms with E-state index in [0.717, 1.165) is 5.56 Å². The predicted octanol–water partition coefficient (Wildman–Crippen LogP) is 10.7. The van der Waals surface area contributed by atoms with Gasteiger partial charge in [0.1, 0.15) is 10.1 Å².